The second-order valence-corrected chi connectivity index (χ2v) is 7.00. The molecule has 2 N–H and O–H groups in total. The maximum atomic E-state index is 12.2. The molecule has 0 aromatic carbocycles. The zero-order valence-electron chi connectivity index (χ0n) is 13.4. The topological polar surface area (TPSA) is 74.3 Å². The zero-order valence-corrected chi connectivity index (χ0v) is 13.4. The minimum Gasteiger partial charge on any atom is -0.367 e. The monoisotopic (exact) mass is 314 g/mol. The Morgan fingerprint density at radius 1 is 1.39 bits per heavy atom. The number of fused-ring (bicyclic) bond motifs is 2. The van der Waals surface area contributed by atoms with Gasteiger partial charge in [-0.05, 0) is 37.3 Å². The Morgan fingerprint density at radius 3 is 2.78 bits per heavy atom. The number of pyridine rings is 1. The highest BCUT2D eigenvalue weighted by molar-refractivity contribution is 5.98. The molecule has 1 aromatic heterocycles. The number of piperidine rings is 1. The number of anilines is 1. The van der Waals surface area contributed by atoms with E-state index in [1.54, 1.807) is 6.92 Å². The summed E-state index contributed by atoms with van der Waals surface area (Å²) in [4.78, 5) is 29.9. The quantitative estimate of drug-likeness (QED) is 0.862. The van der Waals surface area contributed by atoms with E-state index in [0.717, 1.165) is 62.3 Å². The minimum absolute atomic E-state index is 0.00868. The van der Waals surface area contributed by atoms with Crippen LogP contribution in [0.2, 0.25) is 0 Å². The molecule has 3 heterocycles. The highest BCUT2D eigenvalue weighted by Gasteiger charge is 2.49. The Balaban J connectivity index is 1.48. The van der Waals surface area contributed by atoms with Crippen LogP contribution in [0.4, 0.5) is 5.82 Å². The molecule has 4 rings (SSSR count). The van der Waals surface area contributed by atoms with Gasteiger partial charge in [0.25, 0.3) is 5.91 Å². The van der Waals surface area contributed by atoms with Gasteiger partial charge in [-0.3, -0.25) is 9.59 Å². The van der Waals surface area contributed by atoms with Crippen LogP contribution < -0.4 is 10.6 Å². The predicted molar refractivity (Wildman–Crippen MR) is 86.4 cm³/mol. The Hall–Kier alpha value is -2.11. The summed E-state index contributed by atoms with van der Waals surface area (Å²) in [5.41, 5.74) is 2.03. The van der Waals surface area contributed by atoms with Crippen LogP contribution in [0.25, 0.3) is 0 Å². The number of carbonyl (C=O) groups excluding carboxylic acids is 2. The van der Waals surface area contributed by atoms with Gasteiger partial charge in [-0.15, -0.1) is 0 Å². The Bertz CT molecular complexity index is 661. The van der Waals surface area contributed by atoms with Gasteiger partial charge in [0.1, 0.15) is 5.82 Å². The van der Waals surface area contributed by atoms with Gasteiger partial charge in [0.15, 0.2) is 0 Å². The van der Waals surface area contributed by atoms with Crippen molar-refractivity contribution in [1.29, 1.82) is 0 Å². The van der Waals surface area contributed by atoms with Crippen LogP contribution in [0.5, 0.6) is 0 Å². The van der Waals surface area contributed by atoms with E-state index >= 15 is 0 Å². The van der Waals surface area contributed by atoms with Gasteiger partial charge >= 0.3 is 0 Å². The van der Waals surface area contributed by atoms with Crippen molar-refractivity contribution in [1.82, 2.24) is 15.2 Å². The average molecular weight is 314 g/mol. The molecule has 23 heavy (non-hydrogen) atoms. The van der Waals surface area contributed by atoms with Crippen molar-refractivity contribution in [2.75, 3.05) is 25.0 Å². The van der Waals surface area contributed by atoms with E-state index in [9.17, 15) is 9.59 Å². The summed E-state index contributed by atoms with van der Waals surface area (Å²) in [5, 5.41) is 6.43. The third-order valence-corrected chi connectivity index (χ3v) is 5.45. The largest absolute Gasteiger partial charge is 0.367 e. The molecule has 0 bridgehead atoms. The first-order valence-electron chi connectivity index (χ1n) is 8.38. The highest BCUT2D eigenvalue weighted by atomic mass is 16.2. The molecule has 1 aromatic rings. The lowest BCUT2D eigenvalue weighted by molar-refractivity contribution is -0.129. The first-order chi connectivity index (χ1) is 11.1. The van der Waals surface area contributed by atoms with Crippen molar-refractivity contribution in [3.8, 4) is 0 Å². The first-order valence-corrected chi connectivity index (χ1v) is 8.38. The molecular weight excluding hydrogens is 292 g/mol. The summed E-state index contributed by atoms with van der Waals surface area (Å²) in [7, 11) is 0. The Morgan fingerprint density at radius 2 is 2.13 bits per heavy atom. The SMILES string of the molecule is CC(=O)N1CCC(Nc2cc3c(cn2)C2(CC2)CNC3=O)CC1. The summed E-state index contributed by atoms with van der Waals surface area (Å²) in [6.45, 7) is 3.92. The second kappa shape index (κ2) is 5.22. The average Bonchev–Trinajstić information content (AvgIpc) is 3.33. The van der Waals surface area contributed by atoms with Crippen molar-refractivity contribution in [2.45, 2.75) is 44.1 Å². The molecule has 1 saturated heterocycles. The maximum absolute atomic E-state index is 12.2. The van der Waals surface area contributed by atoms with E-state index in [-0.39, 0.29) is 17.2 Å². The van der Waals surface area contributed by atoms with Crippen molar-refractivity contribution >= 4 is 17.6 Å². The molecule has 2 aliphatic heterocycles. The second-order valence-electron chi connectivity index (χ2n) is 7.00. The number of hydrogen-bond acceptors (Lipinski definition) is 4. The number of rotatable bonds is 2. The van der Waals surface area contributed by atoms with Gasteiger partial charge in [-0.2, -0.15) is 0 Å². The molecule has 0 radical (unpaired) electrons. The molecule has 3 aliphatic rings. The molecule has 1 spiro atoms. The van der Waals surface area contributed by atoms with E-state index < -0.39 is 0 Å². The smallest absolute Gasteiger partial charge is 0.251 e. The number of hydrogen-bond donors (Lipinski definition) is 2. The number of aromatic nitrogens is 1. The molecule has 1 aliphatic carbocycles. The van der Waals surface area contributed by atoms with E-state index in [4.69, 9.17) is 0 Å². The van der Waals surface area contributed by atoms with E-state index in [2.05, 4.69) is 15.6 Å². The number of amides is 2. The highest BCUT2D eigenvalue weighted by Crippen LogP contribution is 2.50. The lowest BCUT2D eigenvalue weighted by Crippen LogP contribution is -2.42. The summed E-state index contributed by atoms with van der Waals surface area (Å²) < 4.78 is 0. The van der Waals surface area contributed by atoms with Gasteiger partial charge in [0.2, 0.25) is 5.91 Å². The van der Waals surface area contributed by atoms with Crippen molar-refractivity contribution < 1.29 is 9.59 Å². The van der Waals surface area contributed by atoms with Gasteiger partial charge in [-0.25, -0.2) is 4.98 Å². The Labute approximate surface area is 135 Å². The summed E-state index contributed by atoms with van der Waals surface area (Å²) in [6, 6.07) is 2.19. The molecule has 122 valence electrons. The van der Waals surface area contributed by atoms with Crippen molar-refractivity contribution in [3.63, 3.8) is 0 Å². The first kappa shape index (κ1) is 14.5. The van der Waals surface area contributed by atoms with Gasteiger partial charge in [0, 0.05) is 49.8 Å². The fourth-order valence-corrected chi connectivity index (χ4v) is 3.73. The van der Waals surface area contributed by atoms with Gasteiger partial charge < -0.3 is 15.5 Å². The van der Waals surface area contributed by atoms with E-state index in [1.807, 2.05) is 17.2 Å². The van der Waals surface area contributed by atoms with Crippen LogP contribution in [0.15, 0.2) is 12.3 Å². The number of carbonyl (C=O) groups is 2. The summed E-state index contributed by atoms with van der Waals surface area (Å²) in [5.74, 6) is 0.911. The normalized spacial score (nSPS) is 22.5. The fraction of sp³-hybridized carbons (Fsp3) is 0.588. The molecule has 2 fully saturated rings. The summed E-state index contributed by atoms with van der Waals surface area (Å²) in [6.07, 6.45) is 5.98. The molecule has 0 unspecified atom stereocenters. The number of likely N-dealkylation sites (tertiary alicyclic amines) is 1. The van der Waals surface area contributed by atoms with Crippen molar-refractivity contribution in [3.05, 3.63) is 23.4 Å². The third kappa shape index (κ3) is 2.56. The number of nitrogens with one attached hydrogen (secondary N) is 2. The van der Waals surface area contributed by atoms with Crippen LogP contribution in [0.1, 0.15) is 48.5 Å². The molecule has 1 saturated carbocycles. The molecular formula is C17H22N4O2. The molecule has 6 nitrogen and oxygen atoms in total. The summed E-state index contributed by atoms with van der Waals surface area (Å²) >= 11 is 0. The molecule has 0 atom stereocenters. The molecule has 6 heteroatoms. The minimum atomic E-state index is 0.00868. The lowest BCUT2D eigenvalue weighted by Gasteiger charge is -2.32. The number of nitrogens with zero attached hydrogens (tertiary/aromatic N) is 2. The van der Waals surface area contributed by atoms with E-state index in [0.29, 0.717) is 6.04 Å². The van der Waals surface area contributed by atoms with Crippen LogP contribution in [-0.4, -0.2) is 47.4 Å². The lowest BCUT2D eigenvalue weighted by atomic mass is 9.89. The van der Waals surface area contributed by atoms with E-state index in [1.165, 1.54) is 0 Å². The van der Waals surface area contributed by atoms with Crippen LogP contribution in [0, 0.1) is 0 Å². The van der Waals surface area contributed by atoms with Crippen molar-refractivity contribution in [2.24, 2.45) is 0 Å². The standard InChI is InChI=1S/C17H22N4O2/c1-11(22)21-6-2-12(3-7-21)20-15-8-13-14(9-18-15)17(4-5-17)10-19-16(13)23/h8-9,12H,2-7,10H2,1H3,(H,18,20)(H,19,23). The van der Waals surface area contributed by atoms with Gasteiger partial charge in [-0.1, -0.05) is 0 Å². The Kier molecular flexibility index (Phi) is 3.28. The third-order valence-electron chi connectivity index (χ3n) is 5.45. The molecule has 2 amide bonds. The van der Waals surface area contributed by atoms with Crippen LogP contribution in [-0.2, 0) is 10.2 Å². The zero-order chi connectivity index (χ0) is 16.0. The van der Waals surface area contributed by atoms with Crippen LogP contribution >= 0.6 is 0 Å². The van der Waals surface area contributed by atoms with Crippen LogP contribution in [0.3, 0.4) is 0 Å². The maximum Gasteiger partial charge on any atom is 0.251 e. The van der Waals surface area contributed by atoms with Gasteiger partial charge in [0.05, 0.1) is 0 Å². The fourth-order valence-electron chi connectivity index (χ4n) is 3.73. The predicted octanol–water partition coefficient (Wildman–Crippen LogP) is 1.28.